The van der Waals surface area contributed by atoms with Crippen molar-refractivity contribution >= 4 is 0 Å². The second-order valence-electron chi connectivity index (χ2n) is 5.12. The van der Waals surface area contributed by atoms with Gasteiger partial charge in [-0.2, -0.15) is 0 Å². The molecule has 0 aliphatic carbocycles. The van der Waals surface area contributed by atoms with E-state index in [1.54, 1.807) is 21.3 Å². The highest BCUT2D eigenvalue weighted by Gasteiger charge is 2.03. The first-order chi connectivity index (χ1) is 11.7. The summed E-state index contributed by atoms with van der Waals surface area (Å²) in [5, 5.41) is 0. The van der Waals surface area contributed by atoms with Crippen LogP contribution in [0.3, 0.4) is 0 Å². The lowest BCUT2D eigenvalue weighted by Gasteiger charge is -2.08. The van der Waals surface area contributed by atoms with Crippen LogP contribution < -0.4 is 25.7 Å². The molecule has 132 valence electrons. The van der Waals surface area contributed by atoms with Crippen LogP contribution in [-0.4, -0.2) is 34.4 Å². The lowest BCUT2D eigenvalue weighted by atomic mass is 10.1. The Kier molecular flexibility index (Phi) is 9.34. The van der Waals surface area contributed by atoms with Crippen molar-refractivity contribution in [3.05, 3.63) is 53.6 Å². The molecule has 2 aromatic carbocycles. The molecule has 0 saturated carbocycles. The van der Waals surface area contributed by atoms with E-state index in [-0.39, 0.29) is 0 Å². The molecule has 2 rings (SSSR count). The van der Waals surface area contributed by atoms with Crippen LogP contribution in [0.4, 0.5) is 0 Å². The largest absolute Gasteiger partial charge is 0.497 e. The number of ether oxygens (including phenoxy) is 3. The summed E-state index contributed by atoms with van der Waals surface area (Å²) >= 11 is 0. The Labute approximate surface area is 144 Å². The van der Waals surface area contributed by atoms with Crippen molar-refractivity contribution in [2.24, 2.45) is 11.5 Å². The Bertz CT molecular complexity index is 603. The molecule has 0 aliphatic rings. The molecular formula is C19H28N2O3. The highest BCUT2D eigenvalue weighted by Crippen LogP contribution is 2.27. The second kappa shape index (κ2) is 11.3. The van der Waals surface area contributed by atoms with Gasteiger partial charge in [0.15, 0.2) is 11.5 Å². The Balaban J connectivity index is 0.000000243. The number of nitrogens with two attached hydrogens (primary N) is 2. The predicted octanol–water partition coefficient (Wildman–Crippen LogP) is 2.40. The van der Waals surface area contributed by atoms with Crippen LogP contribution in [-0.2, 0) is 12.8 Å². The Morgan fingerprint density at radius 2 is 1.33 bits per heavy atom. The van der Waals surface area contributed by atoms with Crippen LogP contribution in [0.25, 0.3) is 0 Å². The van der Waals surface area contributed by atoms with E-state index in [1.807, 2.05) is 36.4 Å². The molecule has 0 heterocycles. The summed E-state index contributed by atoms with van der Waals surface area (Å²) in [4.78, 5) is 0. The molecule has 5 heteroatoms. The fourth-order valence-corrected chi connectivity index (χ4v) is 2.20. The third kappa shape index (κ3) is 6.48. The van der Waals surface area contributed by atoms with Gasteiger partial charge in [-0.1, -0.05) is 18.2 Å². The summed E-state index contributed by atoms with van der Waals surface area (Å²) in [7, 11) is 4.92. The highest BCUT2D eigenvalue weighted by molar-refractivity contribution is 5.42. The molecular weight excluding hydrogens is 304 g/mol. The fraction of sp³-hybridized carbons (Fsp3) is 0.368. The van der Waals surface area contributed by atoms with Gasteiger partial charge in [-0.15, -0.1) is 0 Å². The van der Waals surface area contributed by atoms with E-state index in [9.17, 15) is 0 Å². The van der Waals surface area contributed by atoms with Gasteiger partial charge in [-0.3, -0.25) is 0 Å². The summed E-state index contributed by atoms with van der Waals surface area (Å²) in [6.07, 6.45) is 1.78. The van der Waals surface area contributed by atoms with Gasteiger partial charge in [-0.25, -0.2) is 0 Å². The molecule has 0 fully saturated rings. The first-order valence-electron chi connectivity index (χ1n) is 7.92. The Hall–Kier alpha value is -2.24. The van der Waals surface area contributed by atoms with Crippen molar-refractivity contribution in [2.45, 2.75) is 12.8 Å². The van der Waals surface area contributed by atoms with Crippen molar-refractivity contribution < 1.29 is 14.2 Å². The van der Waals surface area contributed by atoms with Crippen LogP contribution in [0.15, 0.2) is 42.5 Å². The van der Waals surface area contributed by atoms with Crippen molar-refractivity contribution in [2.75, 3.05) is 34.4 Å². The minimum absolute atomic E-state index is 0.648. The maximum absolute atomic E-state index is 5.45. The number of hydrogen-bond donors (Lipinski definition) is 2. The van der Waals surface area contributed by atoms with Gasteiger partial charge in [0.25, 0.3) is 0 Å². The van der Waals surface area contributed by atoms with Crippen LogP contribution in [0.2, 0.25) is 0 Å². The molecule has 0 bridgehead atoms. The minimum Gasteiger partial charge on any atom is -0.497 e. The highest BCUT2D eigenvalue weighted by atomic mass is 16.5. The molecule has 0 amide bonds. The third-order valence-electron chi connectivity index (χ3n) is 3.45. The second-order valence-corrected chi connectivity index (χ2v) is 5.12. The molecule has 4 N–H and O–H groups in total. The summed E-state index contributed by atoms with van der Waals surface area (Å²) in [6, 6.07) is 13.8. The average molecular weight is 332 g/mol. The van der Waals surface area contributed by atoms with E-state index in [1.165, 1.54) is 11.1 Å². The maximum atomic E-state index is 5.45. The Morgan fingerprint density at radius 1 is 0.708 bits per heavy atom. The summed E-state index contributed by atoms with van der Waals surface area (Å²) < 4.78 is 15.3. The first kappa shape index (κ1) is 19.8. The molecule has 5 nitrogen and oxygen atoms in total. The molecule has 0 atom stereocenters. The van der Waals surface area contributed by atoms with Crippen LogP contribution in [0.5, 0.6) is 17.2 Å². The van der Waals surface area contributed by atoms with E-state index in [4.69, 9.17) is 25.7 Å². The number of hydrogen-bond acceptors (Lipinski definition) is 5. The van der Waals surface area contributed by atoms with E-state index in [2.05, 4.69) is 6.07 Å². The van der Waals surface area contributed by atoms with Crippen molar-refractivity contribution in [3.8, 4) is 17.2 Å². The topological polar surface area (TPSA) is 79.7 Å². The summed E-state index contributed by atoms with van der Waals surface area (Å²) in [6.45, 7) is 1.34. The lowest BCUT2D eigenvalue weighted by Crippen LogP contribution is -2.03. The average Bonchev–Trinajstić information content (AvgIpc) is 2.63. The smallest absolute Gasteiger partial charge is 0.160 e. The van der Waals surface area contributed by atoms with Gasteiger partial charge in [0.2, 0.25) is 0 Å². The molecule has 0 aromatic heterocycles. The normalized spacial score (nSPS) is 9.71. The zero-order valence-corrected chi connectivity index (χ0v) is 14.7. The fourth-order valence-electron chi connectivity index (χ4n) is 2.20. The van der Waals surface area contributed by atoms with Gasteiger partial charge in [0.1, 0.15) is 5.75 Å². The lowest BCUT2D eigenvalue weighted by molar-refractivity contribution is 0.354. The summed E-state index contributed by atoms with van der Waals surface area (Å²) in [5.41, 5.74) is 13.3. The number of methoxy groups -OCH3 is 3. The van der Waals surface area contributed by atoms with E-state index in [0.717, 1.165) is 30.1 Å². The van der Waals surface area contributed by atoms with Crippen molar-refractivity contribution in [3.63, 3.8) is 0 Å². The SMILES string of the molecule is COc1ccc(CCN)cc1OC.COc1cccc(CCN)c1. The van der Waals surface area contributed by atoms with Gasteiger partial charge in [0, 0.05) is 0 Å². The molecule has 2 aromatic rings. The minimum atomic E-state index is 0.648. The standard InChI is InChI=1S/C10H15NO2.C9H13NO/c1-12-9-4-3-8(5-6-11)7-10(9)13-2;1-11-9-4-2-3-8(7-9)5-6-10/h3-4,7H,5-6,11H2,1-2H3;2-4,7H,5-6,10H2,1H3. The molecule has 0 radical (unpaired) electrons. The number of rotatable bonds is 7. The van der Waals surface area contributed by atoms with E-state index in [0.29, 0.717) is 13.1 Å². The van der Waals surface area contributed by atoms with Gasteiger partial charge in [-0.05, 0) is 61.3 Å². The zero-order chi connectivity index (χ0) is 17.8. The van der Waals surface area contributed by atoms with E-state index >= 15 is 0 Å². The third-order valence-corrected chi connectivity index (χ3v) is 3.45. The molecule has 24 heavy (non-hydrogen) atoms. The van der Waals surface area contributed by atoms with Crippen LogP contribution in [0, 0.1) is 0 Å². The molecule has 0 aliphatic heterocycles. The van der Waals surface area contributed by atoms with Crippen molar-refractivity contribution in [1.29, 1.82) is 0 Å². The van der Waals surface area contributed by atoms with Crippen LogP contribution >= 0.6 is 0 Å². The summed E-state index contributed by atoms with van der Waals surface area (Å²) in [5.74, 6) is 2.41. The van der Waals surface area contributed by atoms with Crippen LogP contribution in [0.1, 0.15) is 11.1 Å². The first-order valence-corrected chi connectivity index (χ1v) is 7.92. The van der Waals surface area contributed by atoms with Crippen molar-refractivity contribution in [1.82, 2.24) is 0 Å². The van der Waals surface area contributed by atoms with Gasteiger partial charge < -0.3 is 25.7 Å². The maximum Gasteiger partial charge on any atom is 0.160 e. The number of benzene rings is 2. The molecule has 0 unspecified atom stereocenters. The predicted molar refractivity (Wildman–Crippen MR) is 98.1 cm³/mol. The molecule has 0 spiro atoms. The quantitative estimate of drug-likeness (QED) is 0.814. The zero-order valence-electron chi connectivity index (χ0n) is 14.7. The van der Waals surface area contributed by atoms with Gasteiger partial charge >= 0.3 is 0 Å². The molecule has 0 saturated heterocycles. The monoisotopic (exact) mass is 332 g/mol. The van der Waals surface area contributed by atoms with Gasteiger partial charge in [0.05, 0.1) is 21.3 Å². The Morgan fingerprint density at radius 3 is 1.88 bits per heavy atom. The van der Waals surface area contributed by atoms with E-state index < -0.39 is 0 Å².